The van der Waals surface area contributed by atoms with Crippen molar-refractivity contribution >= 4 is 46.7 Å². The van der Waals surface area contributed by atoms with Gasteiger partial charge in [0.2, 0.25) is 5.89 Å². The van der Waals surface area contributed by atoms with Crippen molar-refractivity contribution in [3.05, 3.63) is 93.6 Å². The lowest BCUT2D eigenvalue weighted by Gasteiger charge is -2.13. The molecule has 47 heavy (non-hydrogen) atoms. The zero-order valence-corrected chi connectivity index (χ0v) is 28.1. The molecule has 3 aromatic carbocycles. The smallest absolute Gasteiger partial charge is 0.258 e. The average Bonchev–Trinajstić information content (AvgIpc) is 3.83. The van der Waals surface area contributed by atoms with Gasteiger partial charge >= 0.3 is 0 Å². The van der Waals surface area contributed by atoms with Crippen LogP contribution in [0.15, 0.2) is 73.6 Å². The molecule has 0 aliphatic rings. The first-order valence-electron chi connectivity index (χ1n) is 14.3. The predicted octanol–water partition coefficient (Wildman–Crippen LogP) is 8.28. The van der Waals surface area contributed by atoms with E-state index in [-0.39, 0.29) is 23.8 Å². The minimum absolute atomic E-state index is 0.0262. The quantitative estimate of drug-likeness (QED) is 0.115. The zero-order valence-electron chi connectivity index (χ0n) is 25.0. The summed E-state index contributed by atoms with van der Waals surface area (Å²) in [6.07, 6.45) is 0.683. The second-order valence-electron chi connectivity index (χ2n) is 9.94. The Hall–Kier alpha value is -4.11. The van der Waals surface area contributed by atoms with Gasteiger partial charge in [-0.05, 0) is 67.4 Å². The Morgan fingerprint density at radius 3 is 2.60 bits per heavy atom. The number of aromatic hydroxyl groups is 1. The number of rotatable bonds is 13. The lowest BCUT2D eigenvalue weighted by molar-refractivity contribution is 0.273. The summed E-state index contributed by atoms with van der Waals surface area (Å²) in [4.78, 5) is 5.28. The highest BCUT2D eigenvalue weighted by Crippen LogP contribution is 2.37. The van der Waals surface area contributed by atoms with Crippen molar-refractivity contribution in [2.24, 2.45) is 0 Å². The SMILES string of the molecule is CCc1cc(OCc2nnc(SCc3noc(-c4cccc(Cl)c4)n3)n2CC)c(O)cc1SCc1nnc(-c2cc(Cl)ccc2F)o1. The van der Waals surface area contributed by atoms with Gasteiger partial charge in [0.15, 0.2) is 28.3 Å². The molecule has 3 heterocycles. The number of hydrogen-bond acceptors (Lipinski definition) is 12. The molecule has 0 saturated carbocycles. The molecule has 0 fully saturated rings. The molecule has 6 aromatic rings. The van der Waals surface area contributed by atoms with Gasteiger partial charge < -0.3 is 23.4 Å². The maximum atomic E-state index is 14.2. The van der Waals surface area contributed by atoms with E-state index >= 15 is 0 Å². The van der Waals surface area contributed by atoms with Crippen LogP contribution in [0.3, 0.4) is 0 Å². The highest BCUT2D eigenvalue weighted by molar-refractivity contribution is 7.98. The van der Waals surface area contributed by atoms with Crippen LogP contribution in [0.4, 0.5) is 4.39 Å². The average molecular weight is 715 g/mol. The molecule has 6 rings (SSSR count). The van der Waals surface area contributed by atoms with Crippen LogP contribution in [0, 0.1) is 5.82 Å². The monoisotopic (exact) mass is 713 g/mol. The summed E-state index contributed by atoms with van der Waals surface area (Å²) in [5, 5.41) is 33.1. The van der Waals surface area contributed by atoms with Gasteiger partial charge in [0, 0.05) is 27.0 Å². The van der Waals surface area contributed by atoms with E-state index < -0.39 is 5.82 Å². The Morgan fingerprint density at radius 1 is 0.936 bits per heavy atom. The fraction of sp³-hybridized carbons (Fsp3) is 0.226. The molecule has 11 nitrogen and oxygen atoms in total. The van der Waals surface area contributed by atoms with E-state index in [1.807, 2.05) is 30.5 Å². The molecule has 0 bridgehead atoms. The number of hydrogen-bond donors (Lipinski definition) is 1. The van der Waals surface area contributed by atoms with Crippen LogP contribution < -0.4 is 4.74 Å². The lowest BCUT2D eigenvalue weighted by Crippen LogP contribution is -2.07. The van der Waals surface area contributed by atoms with Crippen LogP contribution >= 0.6 is 46.7 Å². The first-order valence-corrected chi connectivity index (χ1v) is 17.1. The van der Waals surface area contributed by atoms with Gasteiger partial charge in [-0.15, -0.1) is 32.2 Å². The maximum Gasteiger partial charge on any atom is 0.258 e. The van der Waals surface area contributed by atoms with Crippen molar-refractivity contribution in [2.45, 2.75) is 55.0 Å². The fourth-order valence-corrected chi connectivity index (χ4v) is 6.72. The van der Waals surface area contributed by atoms with Gasteiger partial charge in [-0.1, -0.05) is 53.1 Å². The molecule has 0 aliphatic heterocycles. The van der Waals surface area contributed by atoms with Gasteiger partial charge in [-0.25, -0.2) is 4.39 Å². The number of halogens is 3. The Labute approximate surface area is 286 Å². The number of aromatic nitrogens is 7. The molecule has 0 unspecified atom stereocenters. The third kappa shape index (κ3) is 7.73. The van der Waals surface area contributed by atoms with Crippen molar-refractivity contribution < 1.29 is 23.2 Å². The summed E-state index contributed by atoms with van der Waals surface area (Å²) in [7, 11) is 0. The van der Waals surface area contributed by atoms with Crippen LogP contribution in [0.5, 0.6) is 11.5 Å². The lowest BCUT2D eigenvalue weighted by atomic mass is 10.1. The first kappa shape index (κ1) is 32.8. The molecular formula is C31H26Cl2FN7O4S2. The summed E-state index contributed by atoms with van der Waals surface area (Å²) in [6.45, 7) is 4.69. The van der Waals surface area contributed by atoms with E-state index in [2.05, 4.69) is 30.5 Å². The summed E-state index contributed by atoms with van der Waals surface area (Å²) in [6, 6.07) is 14.8. The van der Waals surface area contributed by atoms with Crippen LogP contribution in [0.1, 0.15) is 37.0 Å². The van der Waals surface area contributed by atoms with E-state index in [0.717, 1.165) is 16.0 Å². The Kier molecular flexibility index (Phi) is 10.3. The van der Waals surface area contributed by atoms with E-state index in [0.29, 0.717) is 68.9 Å². The fourth-order valence-electron chi connectivity index (χ4n) is 4.51. The summed E-state index contributed by atoms with van der Waals surface area (Å²) in [5.74, 6) is 2.37. The van der Waals surface area contributed by atoms with E-state index in [1.165, 1.54) is 41.7 Å². The second-order valence-corrected chi connectivity index (χ2v) is 12.8. The Balaban J connectivity index is 1.08. The van der Waals surface area contributed by atoms with Crippen LogP contribution in [-0.2, 0) is 31.1 Å². The normalized spacial score (nSPS) is 11.3. The molecule has 0 spiro atoms. The van der Waals surface area contributed by atoms with Crippen molar-refractivity contribution in [2.75, 3.05) is 0 Å². The number of aryl methyl sites for hydroxylation is 1. The minimum atomic E-state index is -0.508. The molecule has 16 heteroatoms. The summed E-state index contributed by atoms with van der Waals surface area (Å²) in [5.41, 5.74) is 1.83. The molecule has 0 saturated heterocycles. The highest BCUT2D eigenvalue weighted by atomic mass is 35.5. The minimum Gasteiger partial charge on any atom is -0.504 e. The zero-order chi connectivity index (χ0) is 32.9. The molecule has 3 aromatic heterocycles. The number of nitrogens with zero attached hydrogens (tertiary/aromatic N) is 7. The largest absolute Gasteiger partial charge is 0.504 e. The van der Waals surface area contributed by atoms with E-state index in [9.17, 15) is 9.50 Å². The van der Waals surface area contributed by atoms with Crippen molar-refractivity contribution in [1.82, 2.24) is 35.1 Å². The number of phenolic OH excluding ortho intramolecular Hbond substituents is 1. The van der Waals surface area contributed by atoms with Gasteiger partial charge in [-0.2, -0.15) is 4.98 Å². The molecular weight excluding hydrogens is 688 g/mol. The van der Waals surface area contributed by atoms with Crippen molar-refractivity contribution in [3.63, 3.8) is 0 Å². The van der Waals surface area contributed by atoms with Crippen molar-refractivity contribution in [1.29, 1.82) is 0 Å². The van der Waals surface area contributed by atoms with E-state index in [1.54, 1.807) is 24.3 Å². The third-order valence-corrected chi connectivity index (χ3v) is 9.35. The van der Waals surface area contributed by atoms with E-state index in [4.69, 9.17) is 36.9 Å². The molecule has 242 valence electrons. The Bertz CT molecular complexity index is 2020. The van der Waals surface area contributed by atoms with Gasteiger partial charge in [-0.3, -0.25) is 0 Å². The third-order valence-electron chi connectivity index (χ3n) is 6.84. The number of ether oxygens (including phenoxy) is 1. The van der Waals surface area contributed by atoms with Crippen molar-refractivity contribution in [3.8, 4) is 34.4 Å². The summed E-state index contributed by atoms with van der Waals surface area (Å²) < 4.78 is 33.2. The van der Waals surface area contributed by atoms with Crippen LogP contribution in [0.2, 0.25) is 10.0 Å². The highest BCUT2D eigenvalue weighted by Gasteiger charge is 2.18. The molecule has 0 radical (unpaired) electrons. The number of thioether (sulfide) groups is 2. The maximum absolute atomic E-state index is 14.2. The number of benzene rings is 3. The molecule has 1 N–H and O–H groups in total. The predicted molar refractivity (Wildman–Crippen MR) is 176 cm³/mol. The number of phenols is 1. The van der Waals surface area contributed by atoms with Gasteiger partial charge in [0.25, 0.3) is 11.8 Å². The van der Waals surface area contributed by atoms with Gasteiger partial charge in [0.1, 0.15) is 12.4 Å². The second kappa shape index (κ2) is 14.8. The van der Waals surface area contributed by atoms with Gasteiger partial charge in [0.05, 0.1) is 17.1 Å². The summed E-state index contributed by atoms with van der Waals surface area (Å²) >= 11 is 14.9. The standard InChI is InChI=1S/C31H26Cl2FN7O4S2/c1-3-17-11-24(23(42)13-25(17)46-16-28-37-38-30(44-28)21-12-20(33)8-9-22(21)34)43-14-27-36-39-31(41(27)4-2)47-15-26-35-29(45-40-26)18-6-5-7-19(32)10-18/h5-13,42H,3-4,14-16H2,1-2H3. The molecule has 0 atom stereocenters. The molecule has 0 amide bonds. The first-order chi connectivity index (χ1) is 22.8. The van der Waals surface area contributed by atoms with Crippen LogP contribution in [-0.4, -0.2) is 40.2 Å². The Morgan fingerprint density at radius 2 is 1.79 bits per heavy atom. The molecule has 0 aliphatic carbocycles. The van der Waals surface area contributed by atoms with Crippen LogP contribution in [0.25, 0.3) is 22.9 Å². The topological polar surface area (TPSA) is 138 Å².